The van der Waals surface area contributed by atoms with Crippen LogP contribution in [0.25, 0.3) is 10.9 Å². The number of para-hydroxylation sites is 1. The fourth-order valence-electron chi connectivity index (χ4n) is 3.15. The topological polar surface area (TPSA) is 22.0 Å². The Bertz CT molecular complexity index is 614. The zero-order valence-electron chi connectivity index (χ0n) is 11.0. The summed E-state index contributed by atoms with van der Waals surface area (Å²) in [6, 6.07) is 8.62. The van der Waals surface area contributed by atoms with Gasteiger partial charge in [-0.05, 0) is 37.3 Å². The summed E-state index contributed by atoms with van der Waals surface area (Å²) < 4.78 is 2.38. The van der Waals surface area contributed by atoms with Crippen molar-refractivity contribution in [1.82, 2.24) is 4.57 Å². The Morgan fingerprint density at radius 3 is 2.84 bits per heavy atom. The molecule has 0 unspecified atom stereocenters. The van der Waals surface area contributed by atoms with Crippen LogP contribution in [-0.4, -0.2) is 15.7 Å². The Hall–Kier alpha value is -1.09. The summed E-state index contributed by atoms with van der Waals surface area (Å²) in [4.78, 5) is 11.6. The van der Waals surface area contributed by atoms with Crippen molar-refractivity contribution in [1.29, 1.82) is 0 Å². The molecule has 1 aliphatic rings. The van der Waals surface area contributed by atoms with E-state index in [2.05, 4.69) is 44.8 Å². The molecule has 2 aromatic rings. The molecule has 1 aromatic carbocycles. The van der Waals surface area contributed by atoms with Crippen LogP contribution in [0.3, 0.4) is 0 Å². The van der Waals surface area contributed by atoms with Gasteiger partial charge in [-0.2, -0.15) is 0 Å². The summed E-state index contributed by atoms with van der Waals surface area (Å²) in [5.74, 6) is 0.280. The van der Waals surface area contributed by atoms with Crippen LogP contribution in [-0.2, 0) is 24.2 Å². The first-order chi connectivity index (χ1) is 9.31. The van der Waals surface area contributed by atoms with Crippen LogP contribution in [0.4, 0.5) is 0 Å². The van der Waals surface area contributed by atoms with Gasteiger partial charge in [0.1, 0.15) is 5.78 Å². The van der Waals surface area contributed by atoms with Gasteiger partial charge in [0, 0.05) is 29.6 Å². The third kappa shape index (κ3) is 2.36. The second-order valence-electron chi connectivity index (χ2n) is 5.22. The van der Waals surface area contributed by atoms with Gasteiger partial charge in [-0.1, -0.05) is 34.1 Å². The summed E-state index contributed by atoms with van der Waals surface area (Å²) in [7, 11) is 0. The lowest BCUT2D eigenvalue weighted by molar-refractivity contribution is -0.116. The molecule has 3 heteroatoms. The fraction of sp³-hybridized carbons (Fsp3) is 0.438. The lowest BCUT2D eigenvalue weighted by Gasteiger charge is -2.15. The minimum Gasteiger partial charge on any atom is -0.344 e. The largest absolute Gasteiger partial charge is 0.344 e. The van der Waals surface area contributed by atoms with Crippen molar-refractivity contribution in [2.24, 2.45) is 0 Å². The van der Waals surface area contributed by atoms with E-state index in [0.717, 1.165) is 13.0 Å². The lowest BCUT2D eigenvalue weighted by Crippen LogP contribution is -2.11. The molecule has 1 aliphatic carbocycles. The number of ketones is 1. The molecular formula is C16H18BrNO. The maximum atomic E-state index is 11.6. The van der Waals surface area contributed by atoms with Gasteiger partial charge in [0.2, 0.25) is 0 Å². The quantitative estimate of drug-likeness (QED) is 0.784. The van der Waals surface area contributed by atoms with E-state index >= 15 is 0 Å². The smallest absolute Gasteiger partial charge is 0.145 e. The van der Waals surface area contributed by atoms with E-state index in [9.17, 15) is 4.79 Å². The number of hydrogen-bond acceptors (Lipinski definition) is 1. The zero-order chi connectivity index (χ0) is 13.2. The molecule has 19 heavy (non-hydrogen) atoms. The molecule has 1 heterocycles. The van der Waals surface area contributed by atoms with E-state index in [1.54, 1.807) is 0 Å². The SMILES string of the molecule is O=C(CBr)CCn1c2c(c3ccccc31)CCCC2. The minimum absolute atomic E-state index is 0.280. The van der Waals surface area contributed by atoms with E-state index in [1.165, 1.54) is 41.4 Å². The van der Waals surface area contributed by atoms with Gasteiger partial charge in [-0.25, -0.2) is 0 Å². The number of nitrogens with zero attached hydrogens (tertiary/aromatic N) is 1. The lowest BCUT2D eigenvalue weighted by atomic mass is 9.95. The second-order valence-corrected chi connectivity index (χ2v) is 5.78. The number of carbonyl (C=O) groups excluding carboxylic acids is 1. The molecule has 0 spiro atoms. The molecule has 3 rings (SSSR count). The molecule has 1 aromatic heterocycles. The molecule has 2 nitrogen and oxygen atoms in total. The molecule has 0 fully saturated rings. The van der Waals surface area contributed by atoms with Gasteiger partial charge in [-0.3, -0.25) is 4.79 Å². The number of fused-ring (bicyclic) bond motifs is 3. The Morgan fingerprint density at radius 1 is 1.21 bits per heavy atom. The number of rotatable bonds is 4. The number of halogens is 1. The number of aryl methyl sites for hydroxylation is 2. The summed E-state index contributed by atoms with van der Waals surface area (Å²) in [5, 5.41) is 1.86. The van der Waals surface area contributed by atoms with Crippen LogP contribution < -0.4 is 0 Å². The van der Waals surface area contributed by atoms with Crippen LogP contribution >= 0.6 is 15.9 Å². The monoisotopic (exact) mass is 319 g/mol. The third-order valence-corrected chi connectivity index (χ3v) is 4.67. The predicted molar refractivity (Wildman–Crippen MR) is 82.0 cm³/mol. The molecular weight excluding hydrogens is 302 g/mol. The Balaban J connectivity index is 2.04. The van der Waals surface area contributed by atoms with E-state index in [1.807, 2.05) is 0 Å². The van der Waals surface area contributed by atoms with Gasteiger partial charge >= 0.3 is 0 Å². The second kappa shape index (κ2) is 5.49. The molecule has 100 valence electrons. The zero-order valence-corrected chi connectivity index (χ0v) is 12.6. The highest BCUT2D eigenvalue weighted by Gasteiger charge is 2.19. The predicted octanol–water partition coefficient (Wildman–Crippen LogP) is 3.87. The maximum Gasteiger partial charge on any atom is 0.145 e. The molecule has 0 saturated heterocycles. The average molecular weight is 320 g/mol. The number of aromatic nitrogens is 1. The van der Waals surface area contributed by atoms with Crippen LogP contribution in [0, 0.1) is 0 Å². The van der Waals surface area contributed by atoms with Crippen molar-refractivity contribution in [2.75, 3.05) is 5.33 Å². The highest BCUT2D eigenvalue weighted by Crippen LogP contribution is 2.32. The van der Waals surface area contributed by atoms with E-state index < -0.39 is 0 Å². The molecule has 0 aliphatic heterocycles. The number of hydrogen-bond donors (Lipinski definition) is 0. The van der Waals surface area contributed by atoms with Crippen molar-refractivity contribution >= 4 is 32.6 Å². The first kappa shape index (κ1) is 12.9. The van der Waals surface area contributed by atoms with Gasteiger partial charge in [0.05, 0.1) is 5.33 Å². The first-order valence-corrected chi connectivity index (χ1v) is 8.10. The number of alkyl halides is 1. The van der Waals surface area contributed by atoms with Gasteiger partial charge in [0.25, 0.3) is 0 Å². The first-order valence-electron chi connectivity index (χ1n) is 6.98. The van der Waals surface area contributed by atoms with Crippen LogP contribution in [0.2, 0.25) is 0 Å². The van der Waals surface area contributed by atoms with Crippen molar-refractivity contribution in [3.05, 3.63) is 35.5 Å². The number of benzene rings is 1. The fourth-order valence-corrected chi connectivity index (χ4v) is 3.43. The molecule has 0 atom stereocenters. The van der Waals surface area contributed by atoms with Crippen LogP contribution in [0.5, 0.6) is 0 Å². The van der Waals surface area contributed by atoms with E-state index in [4.69, 9.17) is 0 Å². The highest BCUT2D eigenvalue weighted by molar-refractivity contribution is 9.09. The van der Waals surface area contributed by atoms with E-state index in [-0.39, 0.29) is 5.78 Å². The minimum atomic E-state index is 0.280. The Kier molecular flexibility index (Phi) is 3.74. The van der Waals surface area contributed by atoms with E-state index in [0.29, 0.717) is 11.8 Å². The summed E-state index contributed by atoms with van der Waals surface area (Å²) in [6.45, 7) is 0.820. The summed E-state index contributed by atoms with van der Waals surface area (Å²) in [5.41, 5.74) is 4.29. The van der Waals surface area contributed by atoms with Gasteiger partial charge < -0.3 is 4.57 Å². The number of Topliss-reactive ketones (excluding diaryl/α,β-unsaturated/α-hetero) is 1. The van der Waals surface area contributed by atoms with Crippen molar-refractivity contribution < 1.29 is 4.79 Å². The Labute approximate surface area is 121 Å². The van der Waals surface area contributed by atoms with Gasteiger partial charge in [0.15, 0.2) is 0 Å². The number of carbonyl (C=O) groups is 1. The highest BCUT2D eigenvalue weighted by atomic mass is 79.9. The molecule has 0 amide bonds. The van der Waals surface area contributed by atoms with Gasteiger partial charge in [-0.15, -0.1) is 0 Å². The van der Waals surface area contributed by atoms with Crippen LogP contribution in [0.1, 0.15) is 30.5 Å². The standard InChI is InChI=1S/C16H18BrNO/c17-11-12(19)9-10-18-15-7-3-1-5-13(15)14-6-2-4-8-16(14)18/h1,3,5,7H,2,4,6,8-11H2. The molecule has 0 radical (unpaired) electrons. The molecule has 0 saturated carbocycles. The van der Waals surface area contributed by atoms with Crippen molar-refractivity contribution in [2.45, 2.75) is 38.6 Å². The van der Waals surface area contributed by atoms with Crippen LogP contribution in [0.15, 0.2) is 24.3 Å². The van der Waals surface area contributed by atoms with Crippen molar-refractivity contribution in [3.8, 4) is 0 Å². The van der Waals surface area contributed by atoms with Crippen molar-refractivity contribution in [3.63, 3.8) is 0 Å². The average Bonchev–Trinajstić information content (AvgIpc) is 2.79. The summed E-state index contributed by atoms with van der Waals surface area (Å²) >= 11 is 3.24. The Morgan fingerprint density at radius 2 is 2.00 bits per heavy atom. The molecule has 0 N–H and O–H groups in total. The maximum absolute atomic E-state index is 11.6. The normalized spacial score (nSPS) is 14.6. The third-order valence-electron chi connectivity index (χ3n) is 4.05. The molecule has 0 bridgehead atoms. The summed E-state index contributed by atoms with van der Waals surface area (Å²) in [6.07, 6.45) is 5.54.